The van der Waals surface area contributed by atoms with Gasteiger partial charge in [-0.25, -0.2) is 4.68 Å². The fourth-order valence-corrected chi connectivity index (χ4v) is 2.31. The van der Waals surface area contributed by atoms with Crippen LogP contribution in [0.1, 0.15) is 28.2 Å². The van der Waals surface area contributed by atoms with Crippen molar-refractivity contribution >= 4 is 5.78 Å². The zero-order chi connectivity index (χ0) is 11.1. The number of benzene rings is 1. The second-order valence-electron chi connectivity index (χ2n) is 4.08. The van der Waals surface area contributed by atoms with Crippen LogP contribution >= 0.6 is 0 Å². The van der Waals surface area contributed by atoms with E-state index in [1.54, 1.807) is 0 Å². The van der Waals surface area contributed by atoms with Crippen LogP contribution < -0.4 is 0 Å². The molecule has 3 heteroatoms. The lowest BCUT2D eigenvalue weighted by Gasteiger charge is -2.03. The van der Waals surface area contributed by atoms with E-state index in [0.29, 0.717) is 6.42 Å². The van der Waals surface area contributed by atoms with Crippen molar-refractivity contribution in [1.29, 1.82) is 0 Å². The zero-order valence-corrected chi connectivity index (χ0v) is 9.10. The van der Waals surface area contributed by atoms with Gasteiger partial charge in [-0.15, -0.1) is 0 Å². The number of Topliss-reactive ketones (excluding diaryl/α,β-unsaturated/α-hetero) is 1. The Kier molecular flexibility index (Phi) is 1.93. The fraction of sp³-hybridized carbons (Fsp3) is 0.231. The molecule has 0 saturated heterocycles. The smallest absolute Gasteiger partial charge is 0.166 e. The first-order chi connectivity index (χ1) is 7.77. The van der Waals surface area contributed by atoms with Crippen molar-refractivity contribution in [3.8, 4) is 5.69 Å². The largest absolute Gasteiger partial charge is 0.294 e. The molecule has 0 amide bonds. The topological polar surface area (TPSA) is 34.9 Å². The minimum Gasteiger partial charge on any atom is -0.294 e. The van der Waals surface area contributed by atoms with Crippen molar-refractivity contribution in [3.05, 3.63) is 47.3 Å². The number of hydrogen-bond acceptors (Lipinski definition) is 2. The number of carbonyl (C=O) groups excluding carboxylic acids is 1. The molecule has 0 radical (unpaired) electrons. The predicted molar refractivity (Wildman–Crippen MR) is 61.0 cm³/mol. The summed E-state index contributed by atoms with van der Waals surface area (Å²) in [6.07, 6.45) is 1.44. The van der Waals surface area contributed by atoms with Gasteiger partial charge >= 0.3 is 0 Å². The van der Waals surface area contributed by atoms with Crippen LogP contribution in [0.3, 0.4) is 0 Å². The van der Waals surface area contributed by atoms with Crippen LogP contribution in [-0.2, 0) is 6.42 Å². The van der Waals surface area contributed by atoms with Crippen molar-refractivity contribution in [1.82, 2.24) is 9.78 Å². The van der Waals surface area contributed by atoms with E-state index in [-0.39, 0.29) is 5.78 Å². The normalized spacial score (nSPS) is 14.2. The Morgan fingerprint density at radius 1 is 1.19 bits per heavy atom. The number of rotatable bonds is 1. The van der Waals surface area contributed by atoms with Crippen LogP contribution in [0.4, 0.5) is 0 Å². The number of ketones is 1. The van der Waals surface area contributed by atoms with Crippen LogP contribution in [0, 0.1) is 6.92 Å². The van der Waals surface area contributed by atoms with E-state index in [2.05, 4.69) is 5.10 Å². The summed E-state index contributed by atoms with van der Waals surface area (Å²) >= 11 is 0. The quantitative estimate of drug-likeness (QED) is 0.727. The Morgan fingerprint density at radius 2 is 1.94 bits per heavy atom. The molecule has 1 aromatic carbocycles. The summed E-state index contributed by atoms with van der Waals surface area (Å²) in [5.41, 5.74) is 3.78. The highest BCUT2D eigenvalue weighted by atomic mass is 16.1. The van der Waals surface area contributed by atoms with Gasteiger partial charge in [0, 0.05) is 6.42 Å². The predicted octanol–water partition coefficient (Wildman–Crippen LogP) is 2.31. The van der Waals surface area contributed by atoms with E-state index in [0.717, 1.165) is 29.1 Å². The number of aryl methyl sites for hydroxylation is 1. The van der Waals surface area contributed by atoms with Crippen molar-refractivity contribution in [2.45, 2.75) is 19.8 Å². The summed E-state index contributed by atoms with van der Waals surface area (Å²) in [7, 11) is 0. The highest BCUT2D eigenvalue weighted by molar-refractivity contribution is 6.01. The van der Waals surface area contributed by atoms with Crippen LogP contribution in [0.2, 0.25) is 0 Å². The molecule has 80 valence electrons. The molecule has 0 fully saturated rings. The highest BCUT2D eigenvalue weighted by Gasteiger charge is 2.27. The van der Waals surface area contributed by atoms with Gasteiger partial charge in [0.25, 0.3) is 0 Å². The molecule has 0 spiro atoms. The van der Waals surface area contributed by atoms with Crippen molar-refractivity contribution in [3.63, 3.8) is 0 Å². The summed E-state index contributed by atoms with van der Waals surface area (Å²) in [6.45, 7) is 1.90. The summed E-state index contributed by atoms with van der Waals surface area (Å²) < 4.78 is 1.90. The lowest BCUT2D eigenvalue weighted by atomic mass is 10.2. The summed E-state index contributed by atoms with van der Waals surface area (Å²) in [5, 5.41) is 4.45. The number of aromatic nitrogens is 2. The van der Waals surface area contributed by atoms with Crippen molar-refractivity contribution < 1.29 is 4.79 Å². The second kappa shape index (κ2) is 3.30. The van der Waals surface area contributed by atoms with Crippen LogP contribution in [0.15, 0.2) is 30.3 Å². The molecular formula is C13H12N2O. The standard InChI is InChI=1S/C13H12N2O/c1-9-13-11(7-8-12(13)16)15(14-9)10-5-3-2-4-6-10/h2-6H,7-8H2,1H3. The van der Waals surface area contributed by atoms with Crippen molar-refractivity contribution in [2.24, 2.45) is 0 Å². The zero-order valence-electron chi connectivity index (χ0n) is 9.10. The SMILES string of the molecule is Cc1nn(-c2ccccc2)c2c1C(=O)CC2. The third kappa shape index (κ3) is 1.21. The van der Waals surface area contributed by atoms with E-state index in [9.17, 15) is 4.79 Å². The molecule has 0 saturated carbocycles. The van der Waals surface area contributed by atoms with Gasteiger partial charge in [0.05, 0.1) is 22.6 Å². The molecule has 2 aromatic rings. The first-order valence-electron chi connectivity index (χ1n) is 5.44. The van der Waals surface area contributed by atoms with Gasteiger partial charge in [0.15, 0.2) is 5.78 Å². The van der Waals surface area contributed by atoms with Gasteiger partial charge in [-0.3, -0.25) is 4.79 Å². The second-order valence-corrected chi connectivity index (χ2v) is 4.08. The lowest BCUT2D eigenvalue weighted by Crippen LogP contribution is -2.00. The third-order valence-corrected chi connectivity index (χ3v) is 3.02. The van der Waals surface area contributed by atoms with E-state index in [1.165, 1.54) is 0 Å². The Balaban J connectivity index is 2.21. The lowest BCUT2D eigenvalue weighted by molar-refractivity contribution is 0.0994. The summed E-state index contributed by atoms with van der Waals surface area (Å²) in [6, 6.07) is 9.96. The van der Waals surface area contributed by atoms with Gasteiger partial charge in [-0.2, -0.15) is 5.10 Å². The molecule has 0 aliphatic heterocycles. The maximum atomic E-state index is 11.7. The highest BCUT2D eigenvalue weighted by Crippen LogP contribution is 2.26. The molecule has 16 heavy (non-hydrogen) atoms. The van der Waals surface area contributed by atoms with Gasteiger partial charge < -0.3 is 0 Å². The summed E-state index contributed by atoms with van der Waals surface area (Å²) in [4.78, 5) is 11.7. The van der Waals surface area contributed by atoms with Crippen LogP contribution in [0.5, 0.6) is 0 Å². The van der Waals surface area contributed by atoms with Gasteiger partial charge in [-0.05, 0) is 25.5 Å². The molecule has 0 atom stereocenters. The molecule has 1 aliphatic carbocycles. The van der Waals surface area contributed by atoms with E-state index >= 15 is 0 Å². The Hall–Kier alpha value is -1.90. The molecule has 0 bridgehead atoms. The Bertz CT molecular complexity index is 555. The number of hydrogen-bond donors (Lipinski definition) is 0. The van der Waals surface area contributed by atoms with E-state index < -0.39 is 0 Å². The van der Waals surface area contributed by atoms with Crippen molar-refractivity contribution in [2.75, 3.05) is 0 Å². The first kappa shape index (κ1) is 9.33. The van der Waals surface area contributed by atoms with Gasteiger partial charge in [0.1, 0.15) is 0 Å². The Labute approximate surface area is 93.7 Å². The molecule has 0 unspecified atom stereocenters. The van der Waals surface area contributed by atoms with Gasteiger partial charge in [0.2, 0.25) is 0 Å². The number of nitrogens with zero attached hydrogens (tertiary/aromatic N) is 2. The monoisotopic (exact) mass is 212 g/mol. The maximum Gasteiger partial charge on any atom is 0.166 e. The minimum absolute atomic E-state index is 0.231. The van der Waals surface area contributed by atoms with E-state index in [1.807, 2.05) is 41.9 Å². The molecule has 1 heterocycles. The van der Waals surface area contributed by atoms with Gasteiger partial charge in [-0.1, -0.05) is 18.2 Å². The Morgan fingerprint density at radius 3 is 2.69 bits per heavy atom. The van der Waals surface area contributed by atoms with Crippen LogP contribution in [-0.4, -0.2) is 15.6 Å². The third-order valence-electron chi connectivity index (χ3n) is 3.02. The first-order valence-corrected chi connectivity index (χ1v) is 5.44. The van der Waals surface area contributed by atoms with Crippen LogP contribution in [0.25, 0.3) is 5.69 Å². The molecular weight excluding hydrogens is 200 g/mol. The molecule has 1 aromatic heterocycles. The average Bonchev–Trinajstić information content (AvgIpc) is 2.83. The maximum absolute atomic E-state index is 11.7. The van der Waals surface area contributed by atoms with E-state index in [4.69, 9.17) is 0 Å². The molecule has 3 nitrogen and oxygen atoms in total. The summed E-state index contributed by atoms with van der Waals surface area (Å²) in [5.74, 6) is 0.231. The average molecular weight is 212 g/mol. The number of fused-ring (bicyclic) bond motifs is 1. The molecule has 0 N–H and O–H groups in total. The molecule has 1 aliphatic rings. The minimum atomic E-state index is 0.231. The molecule has 3 rings (SSSR count). The number of carbonyl (C=O) groups is 1. The fourth-order valence-electron chi connectivity index (χ4n) is 2.31. The number of para-hydroxylation sites is 1.